The Morgan fingerprint density at radius 3 is 0.600 bits per heavy atom. The van der Waals surface area contributed by atoms with Crippen molar-refractivity contribution >= 4 is 0 Å². The van der Waals surface area contributed by atoms with Crippen LogP contribution in [0.3, 0.4) is 0 Å². The molecule has 0 amide bonds. The summed E-state index contributed by atoms with van der Waals surface area (Å²) < 4.78 is 0. The predicted octanol–water partition coefficient (Wildman–Crippen LogP) is 1.20. The van der Waals surface area contributed by atoms with Gasteiger partial charge in [0.25, 0.3) is 0 Å². The summed E-state index contributed by atoms with van der Waals surface area (Å²) in [6.07, 6.45) is 0. The molecule has 0 saturated carbocycles. The van der Waals surface area contributed by atoms with Crippen LogP contribution in [0.1, 0.15) is 0 Å². The van der Waals surface area contributed by atoms with Gasteiger partial charge in [0, 0.05) is 0 Å². The van der Waals surface area contributed by atoms with E-state index in [4.69, 9.17) is 0 Å². The minimum atomic E-state index is 0. The van der Waals surface area contributed by atoms with Crippen molar-refractivity contribution in [2.45, 2.75) is 0 Å². The topological polar surface area (TPSA) is 0 Å². The summed E-state index contributed by atoms with van der Waals surface area (Å²) in [7, 11) is 0. The molecule has 0 rings (SSSR count). The molecule has 0 unspecified atom stereocenters. The number of hydrogen-bond acceptors (Lipinski definition) is 0. The van der Waals surface area contributed by atoms with Crippen molar-refractivity contribution in [3.63, 3.8) is 0 Å². The van der Waals surface area contributed by atoms with Crippen LogP contribution in [0.15, 0.2) is 0 Å². The van der Waals surface area contributed by atoms with Crippen molar-refractivity contribution in [3.8, 4) is 0 Å². The smallest absolute Gasteiger partial charge is 0.358 e. The summed E-state index contributed by atoms with van der Waals surface area (Å²) in [6.45, 7) is 0. The maximum Gasteiger partial charge on any atom is 2.00 e. The third-order valence-electron chi connectivity index (χ3n) is 0. The maximum atomic E-state index is 0. The second-order valence-corrected chi connectivity index (χ2v) is 0. The van der Waals surface area contributed by atoms with Crippen LogP contribution < -0.4 is 0 Å². The van der Waals surface area contributed by atoms with Gasteiger partial charge < -0.3 is 14.9 Å². The largest absolute Gasteiger partial charge is 2.00 e. The monoisotopic (exact) mass is 118 g/mol. The molecule has 0 aromatic carbocycles. The Morgan fingerprint density at radius 2 is 0.600 bits per heavy atom. The Kier molecular flexibility index (Phi) is 12500. The maximum absolute atomic E-state index is 0. The second-order valence-electron chi connectivity index (χ2n) is 0. The molecule has 0 radical (unpaired) electrons. The molecule has 0 aromatic rings. The standard InChI is InChI=1S/2CH3.2FH.Ti/h2*1H3;2*1H;/q2*-1;;;+2. The average molecular weight is 118 g/mol. The Morgan fingerprint density at radius 1 is 0.600 bits per heavy atom. The number of hydrogen-bond donors (Lipinski definition) is 0. The van der Waals surface area contributed by atoms with E-state index in [9.17, 15) is 0 Å². The summed E-state index contributed by atoms with van der Waals surface area (Å²) in [4.78, 5) is 0. The summed E-state index contributed by atoms with van der Waals surface area (Å²) in [5.41, 5.74) is 0. The van der Waals surface area contributed by atoms with E-state index in [1.807, 2.05) is 0 Å². The zero-order chi connectivity index (χ0) is 0. The van der Waals surface area contributed by atoms with Gasteiger partial charge in [-0.2, -0.15) is 0 Å². The molecular formula is C2H8F2Ti. The van der Waals surface area contributed by atoms with Crippen LogP contribution in [-0.4, -0.2) is 0 Å². The fraction of sp³-hybridized carbons (Fsp3) is 0. The van der Waals surface area contributed by atoms with Crippen molar-refractivity contribution in [1.29, 1.82) is 0 Å². The molecule has 0 atom stereocenters. The first-order chi connectivity index (χ1) is 0. The number of halogens is 2. The molecule has 0 heterocycles. The molecule has 0 fully saturated rings. The van der Waals surface area contributed by atoms with Gasteiger partial charge in [-0.05, 0) is 0 Å². The van der Waals surface area contributed by atoms with E-state index in [0.29, 0.717) is 0 Å². The van der Waals surface area contributed by atoms with Crippen LogP contribution in [0, 0.1) is 14.9 Å². The van der Waals surface area contributed by atoms with E-state index in [0.717, 1.165) is 0 Å². The van der Waals surface area contributed by atoms with Gasteiger partial charge in [0.2, 0.25) is 0 Å². The third kappa shape index (κ3) is 91.9. The van der Waals surface area contributed by atoms with Gasteiger partial charge in [-0.15, -0.1) is 0 Å². The molecule has 0 aliphatic carbocycles. The molecule has 0 bridgehead atoms. The van der Waals surface area contributed by atoms with Crippen LogP contribution in [0.2, 0.25) is 0 Å². The van der Waals surface area contributed by atoms with E-state index in [1.54, 1.807) is 0 Å². The summed E-state index contributed by atoms with van der Waals surface area (Å²) in [6, 6.07) is 0. The molecule has 34 valence electrons. The molecular weight excluding hydrogens is 110 g/mol. The van der Waals surface area contributed by atoms with Crippen LogP contribution in [-0.2, 0) is 21.7 Å². The Bertz CT molecular complexity index is 7.61. The first kappa shape index (κ1) is 354. The van der Waals surface area contributed by atoms with Crippen molar-refractivity contribution in [2.75, 3.05) is 0 Å². The van der Waals surface area contributed by atoms with E-state index < -0.39 is 0 Å². The third-order valence-corrected chi connectivity index (χ3v) is 0. The zero-order valence-electron chi connectivity index (χ0n) is 3.32. The van der Waals surface area contributed by atoms with Crippen molar-refractivity contribution in [1.82, 2.24) is 0 Å². The van der Waals surface area contributed by atoms with Gasteiger partial charge >= 0.3 is 21.7 Å². The van der Waals surface area contributed by atoms with E-state index in [1.165, 1.54) is 0 Å². The van der Waals surface area contributed by atoms with Gasteiger partial charge in [0.15, 0.2) is 0 Å². The van der Waals surface area contributed by atoms with Gasteiger partial charge in [-0.25, -0.2) is 0 Å². The Hall–Kier alpha value is 0.574. The van der Waals surface area contributed by atoms with E-state index in [2.05, 4.69) is 0 Å². The van der Waals surface area contributed by atoms with Gasteiger partial charge in [0.1, 0.15) is 0 Å². The normalized spacial score (nSPS) is 0. The van der Waals surface area contributed by atoms with Crippen LogP contribution >= 0.6 is 0 Å². The van der Waals surface area contributed by atoms with Crippen molar-refractivity contribution < 1.29 is 31.1 Å². The van der Waals surface area contributed by atoms with Gasteiger partial charge in [-0.3, -0.25) is 9.41 Å². The van der Waals surface area contributed by atoms with E-state index in [-0.39, 0.29) is 46.0 Å². The van der Waals surface area contributed by atoms with Gasteiger partial charge in [0.05, 0.1) is 0 Å². The molecule has 0 N–H and O–H groups in total. The van der Waals surface area contributed by atoms with Crippen LogP contribution in [0.4, 0.5) is 9.41 Å². The van der Waals surface area contributed by atoms with Gasteiger partial charge in [-0.1, -0.05) is 0 Å². The Balaban J connectivity index is 0. The fourth-order valence-electron chi connectivity index (χ4n) is 0. The minimum Gasteiger partial charge on any atom is -0.358 e. The van der Waals surface area contributed by atoms with Crippen molar-refractivity contribution in [2.24, 2.45) is 0 Å². The zero-order valence-corrected chi connectivity index (χ0v) is 4.88. The molecule has 0 spiro atoms. The summed E-state index contributed by atoms with van der Waals surface area (Å²) in [5.74, 6) is 0. The first-order valence-electron chi connectivity index (χ1n) is 0. The fourth-order valence-corrected chi connectivity index (χ4v) is 0. The van der Waals surface area contributed by atoms with Crippen LogP contribution in [0.5, 0.6) is 0 Å². The first-order valence-corrected chi connectivity index (χ1v) is 0. The molecule has 0 saturated heterocycles. The quantitative estimate of drug-likeness (QED) is 0.331. The average Bonchev–Trinajstić information content (AvgIpc) is 0. The SMILES string of the molecule is F.F.[CH3-].[CH3-].[Ti+2]. The minimum absolute atomic E-state index is 0. The molecule has 0 aliphatic rings. The second kappa shape index (κ2) is 177. The molecule has 0 nitrogen and oxygen atoms in total. The molecule has 0 aromatic heterocycles. The molecule has 5 heavy (non-hydrogen) atoms. The molecule has 3 heteroatoms. The van der Waals surface area contributed by atoms with Crippen LogP contribution in [0.25, 0.3) is 0 Å². The number of rotatable bonds is 0. The van der Waals surface area contributed by atoms with Crippen molar-refractivity contribution in [3.05, 3.63) is 14.9 Å². The Labute approximate surface area is 46.6 Å². The molecule has 0 aliphatic heterocycles. The summed E-state index contributed by atoms with van der Waals surface area (Å²) >= 11 is 0. The van der Waals surface area contributed by atoms with E-state index >= 15 is 0 Å². The predicted molar refractivity (Wildman–Crippen MR) is 17.8 cm³/mol. The summed E-state index contributed by atoms with van der Waals surface area (Å²) in [5, 5.41) is 0.